The molecule has 1 heterocycles. The molecule has 12 heteroatoms. The second-order valence-electron chi connectivity index (χ2n) is 11.6. The molecule has 5 rings (SSSR count). The molecule has 0 aliphatic rings. The highest BCUT2D eigenvalue weighted by Gasteiger charge is 2.24. The lowest BCUT2D eigenvalue weighted by molar-refractivity contribution is 0.0511. The molecular formula is C40H46N4O8. The van der Waals surface area contributed by atoms with Crippen LogP contribution in [0.25, 0.3) is 33.9 Å². The van der Waals surface area contributed by atoms with Crippen LogP contribution in [0.2, 0.25) is 0 Å². The van der Waals surface area contributed by atoms with Crippen LogP contribution in [-0.2, 0) is 16.0 Å². The summed E-state index contributed by atoms with van der Waals surface area (Å²) < 4.78 is 41.0. The van der Waals surface area contributed by atoms with E-state index < -0.39 is 0 Å². The van der Waals surface area contributed by atoms with Gasteiger partial charge in [0, 0.05) is 41.9 Å². The highest BCUT2D eigenvalue weighted by Crippen LogP contribution is 2.44. The largest absolute Gasteiger partial charge is 0.497 e. The van der Waals surface area contributed by atoms with E-state index in [1.807, 2.05) is 84.9 Å². The van der Waals surface area contributed by atoms with Crippen LogP contribution in [0.1, 0.15) is 15.9 Å². The Bertz CT molecular complexity index is 1870. The fourth-order valence-electron chi connectivity index (χ4n) is 5.72. The molecule has 12 nitrogen and oxygen atoms in total. The number of imidazole rings is 1. The minimum Gasteiger partial charge on any atom is -0.497 e. The predicted molar refractivity (Wildman–Crippen MR) is 200 cm³/mol. The van der Waals surface area contributed by atoms with E-state index in [1.165, 1.54) is 0 Å². The van der Waals surface area contributed by atoms with E-state index in [0.29, 0.717) is 74.7 Å². The number of methoxy groups -OCH3 is 5. The molecule has 1 amide bonds. The lowest BCUT2D eigenvalue weighted by atomic mass is 10.0. The molecule has 0 aliphatic carbocycles. The Morgan fingerprint density at radius 1 is 0.673 bits per heavy atom. The van der Waals surface area contributed by atoms with Gasteiger partial charge in [0.15, 0.2) is 11.5 Å². The maximum Gasteiger partial charge on any atom is 0.251 e. The smallest absolute Gasteiger partial charge is 0.251 e. The fourth-order valence-corrected chi connectivity index (χ4v) is 5.72. The summed E-state index contributed by atoms with van der Waals surface area (Å²) in [5.74, 6) is 3.45. The summed E-state index contributed by atoms with van der Waals surface area (Å²) >= 11 is 0. The van der Waals surface area contributed by atoms with Gasteiger partial charge in [-0.1, -0.05) is 12.1 Å². The Balaban J connectivity index is 1.54. The first-order valence-corrected chi connectivity index (χ1v) is 16.9. The van der Waals surface area contributed by atoms with Gasteiger partial charge < -0.3 is 48.8 Å². The van der Waals surface area contributed by atoms with Gasteiger partial charge in [0.2, 0.25) is 5.75 Å². The third-order valence-corrected chi connectivity index (χ3v) is 8.34. The second-order valence-corrected chi connectivity index (χ2v) is 11.6. The first kappa shape index (κ1) is 37.7. The molecule has 0 radical (unpaired) electrons. The maximum atomic E-state index is 12.9. The quantitative estimate of drug-likeness (QED) is 0.103. The average Bonchev–Trinajstić information content (AvgIpc) is 3.57. The van der Waals surface area contributed by atoms with Crippen LogP contribution >= 0.6 is 0 Å². The van der Waals surface area contributed by atoms with Gasteiger partial charge in [0.25, 0.3) is 5.91 Å². The van der Waals surface area contributed by atoms with Crippen molar-refractivity contribution >= 4 is 5.91 Å². The number of ether oxygens (including phenoxy) is 7. The topological polar surface area (TPSA) is 138 Å². The lowest BCUT2D eigenvalue weighted by Crippen LogP contribution is -2.27. The van der Waals surface area contributed by atoms with Gasteiger partial charge in [-0.05, 0) is 78.4 Å². The zero-order chi connectivity index (χ0) is 36.9. The summed E-state index contributed by atoms with van der Waals surface area (Å²) in [6.07, 6.45) is 0. The maximum absolute atomic E-state index is 12.9. The number of nitrogens with zero attached hydrogens (tertiary/aromatic N) is 2. The number of hydrogen-bond acceptors (Lipinski definition) is 10. The number of carbonyl (C=O) groups excluding carboxylic acids is 1. The zero-order valence-electron chi connectivity index (χ0n) is 30.3. The van der Waals surface area contributed by atoms with E-state index in [2.05, 4.69) is 9.88 Å². The number of aromatic nitrogens is 2. The number of nitrogens with one attached hydrogen (secondary N) is 1. The Morgan fingerprint density at radius 2 is 1.25 bits per heavy atom. The minimum atomic E-state index is -0.184. The Hall–Kier alpha value is -5.56. The molecule has 1 aromatic heterocycles. The van der Waals surface area contributed by atoms with Crippen molar-refractivity contribution in [3.8, 4) is 62.7 Å². The van der Waals surface area contributed by atoms with Gasteiger partial charge in [-0.2, -0.15) is 0 Å². The number of amides is 1. The molecule has 4 aromatic carbocycles. The molecule has 0 aliphatic heterocycles. The molecule has 0 saturated heterocycles. The molecule has 274 valence electrons. The van der Waals surface area contributed by atoms with E-state index >= 15 is 0 Å². The number of hydrogen-bond donors (Lipinski definition) is 2. The molecular weight excluding hydrogens is 664 g/mol. The first-order chi connectivity index (χ1) is 25.4. The van der Waals surface area contributed by atoms with Gasteiger partial charge in [0.05, 0.1) is 73.4 Å². The SMILES string of the molecule is COc1ccc(-c2nc(-c3cc(OC)c(OC)c(OC)c3)n(Cc3ccc(C(=O)NCCOCCOCCN)cc3)c2-c2ccc(OC)cc2)cc1. The van der Waals surface area contributed by atoms with Gasteiger partial charge in [-0.3, -0.25) is 4.79 Å². The van der Waals surface area contributed by atoms with Crippen molar-refractivity contribution in [3.63, 3.8) is 0 Å². The molecule has 0 atom stereocenters. The molecule has 0 fully saturated rings. The third-order valence-electron chi connectivity index (χ3n) is 8.34. The van der Waals surface area contributed by atoms with Crippen molar-refractivity contribution in [2.45, 2.75) is 6.54 Å². The second kappa shape index (κ2) is 18.6. The van der Waals surface area contributed by atoms with E-state index in [9.17, 15) is 4.79 Å². The number of nitrogens with two attached hydrogens (primary N) is 1. The van der Waals surface area contributed by atoms with Crippen LogP contribution in [0.5, 0.6) is 28.7 Å². The predicted octanol–water partition coefficient (Wildman–Crippen LogP) is 5.70. The lowest BCUT2D eigenvalue weighted by Gasteiger charge is -2.17. The van der Waals surface area contributed by atoms with Gasteiger partial charge >= 0.3 is 0 Å². The van der Waals surface area contributed by atoms with Crippen molar-refractivity contribution in [2.24, 2.45) is 5.73 Å². The van der Waals surface area contributed by atoms with E-state index in [1.54, 1.807) is 35.5 Å². The first-order valence-electron chi connectivity index (χ1n) is 16.9. The average molecular weight is 711 g/mol. The molecule has 0 spiro atoms. The summed E-state index contributed by atoms with van der Waals surface area (Å²) in [6, 6.07) is 27.0. The van der Waals surface area contributed by atoms with Crippen molar-refractivity contribution in [1.82, 2.24) is 14.9 Å². The normalized spacial score (nSPS) is 10.9. The Kier molecular flexibility index (Phi) is 13.5. The van der Waals surface area contributed by atoms with Crippen molar-refractivity contribution < 1.29 is 38.0 Å². The van der Waals surface area contributed by atoms with Crippen molar-refractivity contribution in [2.75, 3.05) is 75.1 Å². The molecule has 3 N–H and O–H groups in total. The fraction of sp³-hybridized carbons (Fsp3) is 0.300. The molecule has 0 unspecified atom stereocenters. The summed E-state index contributed by atoms with van der Waals surface area (Å²) in [4.78, 5) is 18.2. The Morgan fingerprint density at radius 3 is 1.79 bits per heavy atom. The summed E-state index contributed by atoms with van der Waals surface area (Å²) in [5.41, 5.74) is 11.2. The van der Waals surface area contributed by atoms with Gasteiger partial charge in [-0.25, -0.2) is 4.98 Å². The van der Waals surface area contributed by atoms with Gasteiger partial charge in [0.1, 0.15) is 17.3 Å². The number of rotatable bonds is 19. The van der Waals surface area contributed by atoms with Crippen LogP contribution in [0.15, 0.2) is 84.9 Å². The Labute approximate surface area is 304 Å². The van der Waals surface area contributed by atoms with E-state index in [4.69, 9.17) is 43.9 Å². The van der Waals surface area contributed by atoms with Crippen LogP contribution in [0.3, 0.4) is 0 Å². The molecule has 0 saturated carbocycles. The summed E-state index contributed by atoms with van der Waals surface area (Å²) in [7, 11) is 8.03. The molecule has 52 heavy (non-hydrogen) atoms. The van der Waals surface area contributed by atoms with E-state index in [-0.39, 0.29) is 5.91 Å². The monoisotopic (exact) mass is 710 g/mol. The number of benzene rings is 4. The van der Waals surface area contributed by atoms with Crippen LogP contribution in [0, 0.1) is 0 Å². The van der Waals surface area contributed by atoms with E-state index in [0.717, 1.165) is 45.1 Å². The summed E-state index contributed by atoms with van der Waals surface area (Å²) in [5, 5.41) is 2.91. The van der Waals surface area contributed by atoms with Crippen LogP contribution in [-0.4, -0.2) is 90.5 Å². The third kappa shape index (κ3) is 9.02. The van der Waals surface area contributed by atoms with Gasteiger partial charge in [-0.15, -0.1) is 0 Å². The summed E-state index contributed by atoms with van der Waals surface area (Å²) in [6.45, 7) is 3.06. The standard InChI is InChI=1S/C40H46N4O8/c1-46-32-14-10-28(11-15-32)36-37(29-12-16-33(47-2)17-13-29)44(39(43-36)31-24-34(48-3)38(50-5)35(25-31)49-4)26-27-6-8-30(9-7-27)40(45)42-19-21-52-23-22-51-20-18-41/h6-17,24-25H,18-23,26,41H2,1-5H3,(H,42,45). The zero-order valence-corrected chi connectivity index (χ0v) is 30.3. The van der Waals surface area contributed by atoms with Crippen LogP contribution < -0.4 is 34.7 Å². The highest BCUT2D eigenvalue weighted by atomic mass is 16.5. The van der Waals surface area contributed by atoms with Crippen molar-refractivity contribution in [1.29, 1.82) is 0 Å². The van der Waals surface area contributed by atoms with Crippen molar-refractivity contribution in [3.05, 3.63) is 96.1 Å². The number of carbonyl (C=O) groups is 1. The highest BCUT2D eigenvalue weighted by molar-refractivity contribution is 5.94. The minimum absolute atomic E-state index is 0.184. The molecule has 0 bridgehead atoms. The molecule has 5 aromatic rings. The van der Waals surface area contributed by atoms with Crippen LogP contribution in [0.4, 0.5) is 0 Å².